The van der Waals surface area contributed by atoms with Crippen LogP contribution in [-0.4, -0.2) is 6.04 Å². The van der Waals surface area contributed by atoms with Gasteiger partial charge in [0.2, 0.25) is 0 Å². The number of benzene rings is 3. The summed E-state index contributed by atoms with van der Waals surface area (Å²) < 4.78 is 0. The zero-order chi connectivity index (χ0) is 15.0. The molecule has 0 aliphatic rings. The van der Waals surface area contributed by atoms with Gasteiger partial charge in [-0.1, -0.05) is 78.9 Å². The molecular formula is C21H22ClN. The van der Waals surface area contributed by atoms with Crippen molar-refractivity contribution < 1.29 is 0 Å². The molecule has 118 valence electrons. The van der Waals surface area contributed by atoms with E-state index in [1.54, 1.807) is 0 Å². The molecule has 0 saturated heterocycles. The molecular weight excluding hydrogens is 302 g/mol. The summed E-state index contributed by atoms with van der Waals surface area (Å²) >= 11 is 0. The van der Waals surface area contributed by atoms with Crippen molar-refractivity contribution in [2.24, 2.45) is 0 Å². The number of hydrogen-bond acceptors (Lipinski definition) is 1. The van der Waals surface area contributed by atoms with Gasteiger partial charge in [-0.2, -0.15) is 0 Å². The molecule has 0 aliphatic carbocycles. The maximum absolute atomic E-state index is 3.68. The summed E-state index contributed by atoms with van der Waals surface area (Å²) in [7, 11) is 0. The van der Waals surface area contributed by atoms with E-state index in [-0.39, 0.29) is 12.4 Å². The molecule has 1 nitrogen and oxygen atoms in total. The van der Waals surface area contributed by atoms with Crippen LogP contribution in [0.25, 0.3) is 0 Å². The molecule has 2 heteroatoms. The van der Waals surface area contributed by atoms with Gasteiger partial charge in [-0.05, 0) is 36.1 Å². The molecule has 0 aromatic heterocycles. The zero-order valence-corrected chi connectivity index (χ0v) is 13.9. The van der Waals surface area contributed by atoms with Crippen molar-refractivity contribution in [1.82, 2.24) is 0 Å². The Morgan fingerprint density at radius 3 is 1.39 bits per heavy atom. The van der Waals surface area contributed by atoms with E-state index in [9.17, 15) is 0 Å². The minimum atomic E-state index is 0. The van der Waals surface area contributed by atoms with Gasteiger partial charge in [-0.3, -0.25) is 0 Å². The largest absolute Gasteiger partial charge is 0.382 e. The summed E-state index contributed by atoms with van der Waals surface area (Å²) in [5, 5.41) is 3.68. The topological polar surface area (TPSA) is 12.0 Å². The second-order valence-electron chi connectivity index (χ2n) is 5.59. The lowest BCUT2D eigenvalue weighted by atomic mass is 9.98. The maximum atomic E-state index is 3.68. The third-order valence-electron chi connectivity index (χ3n) is 3.79. The highest BCUT2D eigenvalue weighted by Crippen LogP contribution is 2.15. The predicted octanol–water partition coefficient (Wildman–Crippen LogP) is 5.37. The molecule has 0 fully saturated rings. The molecule has 0 radical (unpaired) electrons. The summed E-state index contributed by atoms with van der Waals surface area (Å²) in [6.07, 6.45) is 2.04. The lowest BCUT2D eigenvalue weighted by Gasteiger charge is -2.20. The van der Waals surface area contributed by atoms with Crippen molar-refractivity contribution in [2.45, 2.75) is 18.9 Å². The molecule has 3 aromatic carbocycles. The third kappa shape index (κ3) is 5.46. The van der Waals surface area contributed by atoms with E-state index in [0.29, 0.717) is 6.04 Å². The maximum Gasteiger partial charge on any atom is 0.0342 e. The highest BCUT2D eigenvalue weighted by Gasteiger charge is 2.10. The van der Waals surface area contributed by atoms with Gasteiger partial charge >= 0.3 is 0 Å². The Labute approximate surface area is 144 Å². The minimum Gasteiger partial charge on any atom is -0.382 e. The summed E-state index contributed by atoms with van der Waals surface area (Å²) in [6, 6.07) is 32.2. The van der Waals surface area contributed by atoms with Crippen LogP contribution in [0.2, 0.25) is 0 Å². The molecule has 0 aliphatic heterocycles. The van der Waals surface area contributed by atoms with Crippen LogP contribution in [0.4, 0.5) is 5.69 Å². The molecule has 0 amide bonds. The van der Waals surface area contributed by atoms with E-state index in [4.69, 9.17) is 0 Å². The lowest BCUT2D eigenvalue weighted by molar-refractivity contribution is 0.710. The zero-order valence-electron chi connectivity index (χ0n) is 13.1. The summed E-state index contributed by atoms with van der Waals surface area (Å²) in [6.45, 7) is 0. The summed E-state index contributed by atoms with van der Waals surface area (Å²) in [5.74, 6) is 0. The number of hydrogen-bond donors (Lipinski definition) is 1. The molecule has 0 heterocycles. The van der Waals surface area contributed by atoms with E-state index < -0.39 is 0 Å². The van der Waals surface area contributed by atoms with Gasteiger partial charge in [0.15, 0.2) is 0 Å². The first-order valence-corrected chi connectivity index (χ1v) is 7.79. The fourth-order valence-corrected chi connectivity index (χ4v) is 2.74. The van der Waals surface area contributed by atoms with E-state index in [2.05, 4.69) is 96.3 Å². The average molecular weight is 324 g/mol. The monoisotopic (exact) mass is 323 g/mol. The number of nitrogens with one attached hydrogen (secondary N) is 1. The fraction of sp³-hybridized carbons (Fsp3) is 0.143. The van der Waals surface area contributed by atoms with Gasteiger partial charge in [-0.15, -0.1) is 12.4 Å². The predicted molar refractivity (Wildman–Crippen MR) is 101 cm³/mol. The Morgan fingerprint density at radius 1 is 0.565 bits per heavy atom. The molecule has 3 aromatic rings. The van der Waals surface area contributed by atoms with Gasteiger partial charge in [0.25, 0.3) is 0 Å². The molecule has 0 bridgehead atoms. The molecule has 0 atom stereocenters. The Bertz CT molecular complexity index is 569. The first kappa shape index (κ1) is 17.1. The summed E-state index contributed by atoms with van der Waals surface area (Å²) in [5.41, 5.74) is 3.91. The van der Waals surface area contributed by atoms with Gasteiger partial charge < -0.3 is 5.32 Å². The van der Waals surface area contributed by atoms with Crippen molar-refractivity contribution in [3.63, 3.8) is 0 Å². The van der Waals surface area contributed by atoms with E-state index in [1.165, 1.54) is 16.8 Å². The van der Waals surface area contributed by atoms with E-state index in [0.717, 1.165) is 12.8 Å². The minimum absolute atomic E-state index is 0. The Hall–Kier alpha value is -2.25. The van der Waals surface area contributed by atoms with Crippen LogP contribution in [-0.2, 0) is 12.8 Å². The summed E-state index contributed by atoms with van der Waals surface area (Å²) in [4.78, 5) is 0. The average Bonchev–Trinajstić information content (AvgIpc) is 2.57. The van der Waals surface area contributed by atoms with E-state index >= 15 is 0 Å². The van der Waals surface area contributed by atoms with Crippen LogP contribution in [0.5, 0.6) is 0 Å². The van der Waals surface area contributed by atoms with Gasteiger partial charge in [0.1, 0.15) is 0 Å². The second-order valence-corrected chi connectivity index (χ2v) is 5.59. The molecule has 0 unspecified atom stereocenters. The first-order chi connectivity index (χ1) is 10.9. The quantitative estimate of drug-likeness (QED) is 0.642. The Kier molecular flexibility index (Phi) is 6.71. The normalized spacial score (nSPS) is 10.1. The molecule has 1 N–H and O–H groups in total. The van der Waals surface area contributed by atoms with Gasteiger partial charge in [0.05, 0.1) is 0 Å². The highest BCUT2D eigenvalue weighted by molar-refractivity contribution is 5.85. The van der Waals surface area contributed by atoms with Gasteiger partial charge in [0, 0.05) is 11.7 Å². The molecule has 23 heavy (non-hydrogen) atoms. The smallest absolute Gasteiger partial charge is 0.0342 e. The van der Waals surface area contributed by atoms with Crippen LogP contribution in [0.15, 0.2) is 91.0 Å². The first-order valence-electron chi connectivity index (χ1n) is 7.79. The van der Waals surface area contributed by atoms with Crippen molar-refractivity contribution in [3.05, 3.63) is 102 Å². The number of halogens is 1. The standard InChI is InChI=1S/C21H21N.ClH/c1-4-10-18(11-5-1)16-21(17-19-12-6-2-7-13-19)22-20-14-8-3-9-15-20;/h1-15,21-22H,16-17H2;1H. The van der Waals surface area contributed by atoms with Crippen molar-refractivity contribution in [1.29, 1.82) is 0 Å². The Balaban J connectivity index is 0.00000192. The van der Waals surface area contributed by atoms with Crippen LogP contribution < -0.4 is 5.32 Å². The number of anilines is 1. The molecule has 3 rings (SSSR count). The van der Waals surface area contributed by atoms with E-state index in [1.807, 2.05) is 0 Å². The lowest BCUT2D eigenvalue weighted by Crippen LogP contribution is -2.25. The third-order valence-corrected chi connectivity index (χ3v) is 3.79. The number of rotatable bonds is 6. The van der Waals surface area contributed by atoms with Crippen LogP contribution in [0.3, 0.4) is 0 Å². The van der Waals surface area contributed by atoms with Crippen molar-refractivity contribution in [2.75, 3.05) is 5.32 Å². The van der Waals surface area contributed by atoms with Crippen molar-refractivity contribution >= 4 is 18.1 Å². The van der Waals surface area contributed by atoms with Crippen LogP contribution >= 0.6 is 12.4 Å². The number of para-hydroxylation sites is 1. The molecule has 0 spiro atoms. The highest BCUT2D eigenvalue weighted by atomic mass is 35.5. The van der Waals surface area contributed by atoms with Crippen LogP contribution in [0, 0.1) is 0 Å². The second kappa shape index (κ2) is 9.02. The molecule has 0 saturated carbocycles. The van der Waals surface area contributed by atoms with Crippen molar-refractivity contribution in [3.8, 4) is 0 Å². The fourth-order valence-electron chi connectivity index (χ4n) is 2.74. The SMILES string of the molecule is Cl.c1ccc(CC(Cc2ccccc2)Nc2ccccc2)cc1. The Morgan fingerprint density at radius 2 is 0.957 bits per heavy atom. The van der Waals surface area contributed by atoms with Crippen LogP contribution in [0.1, 0.15) is 11.1 Å². The van der Waals surface area contributed by atoms with Gasteiger partial charge in [-0.25, -0.2) is 0 Å².